The summed E-state index contributed by atoms with van der Waals surface area (Å²) in [6.45, 7) is 2.88. The van der Waals surface area contributed by atoms with Crippen LogP contribution < -0.4 is 5.32 Å². The summed E-state index contributed by atoms with van der Waals surface area (Å²) in [5.74, 6) is 0. The second-order valence-electron chi connectivity index (χ2n) is 3.50. The maximum Gasteiger partial charge on any atom is 0.0700 e. The Morgan fingerprint density at radius 1 is 1.64 bits per heavy atom. The van der Waals surface area contributed by atoms with Crippen molar-refractivity contribution >= 4 is 27.3 Å². The zero-order chi connectivity index (χ0) is 9.80. The van der Waals surface area contributed by atoms with Crippen LogP contribution in [0.25, 0.3) is 0 Å². The summed E-state index contributed by atoms with van der Waals surface area (Å²) < 4.78 is 6.70. The van der Waals surface area contributed by atoms with Gasteiger partial charge in [0.2, 0.25) is 0 Å². The molecule has 0 bridgehead atoms. The van der Waals surface area contributed by atoms with Crippen LogP contribution in [-0.2, 0) is 11.3 Å². The number of ether oxygens (including phenoxy) is 1. The number of hydrogen-bond acceptors (Lipinski definition) is 3. The van der Waals surface area contributed by atoms with E-state index in [0.29, 0.717) is 6.10 Å². The Balaban J connectivity index is 1.67. The van der Waals surface area contributed by atoms with Gasteiger partial charge in [-0.25, -0.2) is 0 Å². The Labute approximate surface area is 96.8 Å². The summed E-state index contributed by atoms with van der Waals surface area (Å²) in [5.41, 5.74) is 0. The molecular weight excluding hydrogens is 262 g/mol. The molecule has 2 nitrogen and oxygen atoms in total. The van der Waals surface area contributed by atoms with Crippen molar-refractivity contribution in [2.45, 2.75) is 25.5 Å². The lowest BCUT2D eigenvalue weighted by molar-refractivity contribution is 0.110. The highest BCUT2D eigenvalue weighted by molar-refractivity contribution is 9.10. The average molecular weight is 276 g/mol. The third kappa shape index (κ3) is 3.05. The fourth-order valence-electron chi connectivity index (χ4n) is 1.61. The highest BCUT2D eigenvalue weighted by Crippen LogP contribution is 2.19. The summed E-state index contributed by atoms with van der Waals surface area (Å²) in [4.78, 5) is 1.37. The quantitative estimate of drug-likeness (QED) is 0.913. The van der Waals surface area contributed by atoms with Crippen LogP contribution in [0, 0.1) is 0 Å². The fraction of sp³-hybridized carbons (Fsp3) is 0.600. The van der Waals surface area contributed by atoms with E-state index in [0.717, 1.165) is 19.7 Å². The van der Waals surface area contributed by atoms with E-state index in [9.17, 15) is 0 Å². The van der Waals surface area contributed by atoms with Crippen LogP contribution in [-0.4, -0.2) is 19.3 Å². The molecule has 1 aliphatic heterocycles. The minimum Gasteiger partial charge on any atom is -0.377 e. The topological polar surface area (TPSA) is 21.3 Å². The van der Waals surface area contributed by atoms with Gasteiger partial charge in [0.1, 0.15) is 0 Å². The van der Waals surface area contributed by atoms with E-state index in [2.05, 4.69) is 32.7 Å². The Kier molecular flexibility index (Phi) is 3.99. The van der Waals surface area contributed by atoms with Gasteiger partial charge in [0.05, 0.1) is 6.10 Å². The van der Waals surface area contributed by atoms with E-state index in [-0.39, 0.29) is 0 Å². The predicted molar refractivity (Wildman–Crippen MR) is 62.7 cm³/mol. The molecule has 1 atom stereocenters. The van der Waals surface area contributed by atoms with Crippen molar-refractivity contribution in [3.8, 4) is 0 Å². The van der Waals surface area contributed by atoms with Crippen molar-refractivity contribution in [2.24, 2.45) is 0 Å². The monoisotopic (exact) mass is 275 g/mol. The first-order valence-corrected chi connectivity index (χ1v) is 6.57. The Morgan fingerprint density at radius 3 is 3.21 bits per heavy atom. The highest BCUT2D eigenvalue weighted by atomic mass is 79.9. The van der Waals surface area contributed by atoms with Crippen molar-refractivity contribution in [1.29, 1.82) is 0 Å². The van der Waals surface area contributed by atoms with Gasteiger partial charge in [0.15, 0.2) is 0 Å². The van der Waals surface area contributed by atoms with Gasteiger partial charge in [0.25, 0.3) is 0 Å². The van der Waals surface area contributed by atoms with Gasteiger partial charge in [-0.15, -0.1) is 11.3 Å². The minimum atomic E-state index is 0.443. The molecule has 2 heterocycles. The van der Waals surface area contributed by atoms with Crippen LogP contribution in [0.2, 0.25) is 0 Å². The van der Waals surface area contributed by atoms with Gasteiger partial charge in [-0.1, -0.05) is 0 Å². The fourth-order valence-corrected chi connectivity index (χ4v) is 3.03. The second kappa shape index (κ2) is 5.26. The largest absolute Gasteiger partial charge is 0.377 e. The van der Waals surface area contributed by atoms with Gasteiger partial charge in [0, 0.05) is 34.4 Å². The second-order valence-corrected chi connectivity index (χ2v) is 5.41. The zero-order valence-corrected chi connectivity index (χ0v) is 10.4. The molecule has 78 valence electrons. The number of nitrogens with one attached hydrogen (secondary N) is 1. The maximum absolute atomic E-state index is 5.53. The molecule has 4 heteroatoms. The van der Waals surface area contributed by atoms with E-state index in [1.54, 1.807) is 11.3 Å². The van der Waals surface area contributed by atoms with Gasteiger partial charge in [-0.05, 0) is 34.8 Å². The SMILES string of the molecule is Brc1csc(CNC[C@@H]2CCCO2)c1. The lowest BCUT2D eigenvalue weighted by Crippen LogP contribution is -2.25. The molecule has 1 N–H and O–H groups in total. The lowest BCUT2D eigenvalue weighted by atomic mass is 10.2. The van der Waals surface area contributed by atoms with Gasteiger partial charge in [-0.3, -0.25) is 0 Å². The van der Waals surface area contributed by atoms with Crippen LogP contribution >= 0.6 is 27.3 Å². The Morgan fingerprint density at radius 2 is 2.57 bits per heavy atom. The molecule has 0 spiro atoms. The molecule has 0 aliphatic carbocycles. The van der Waals surface area contributed by atoms with Crippen LogP contribution in [0.15, 0.2) is 15.9 Å². The van der Waals surface area contributed by atoms with Gasteiger partial charge < -0.3 is 10.1 Å². The molecule has 1 fully saturated rings. The lowest BCUT2D eigenvalue weighted by Gasteiger charge is -2.09. The van der Waals surface area contributed by atoms with Crippen molar-refractivity contribution in [2.75, 3.05) is 13.2 Å². The molecule has 0 aromatic carbocycles. The summed E-state index contributed by atoms with van der Waals surface area (Å²) in [6, 6.07) is 2.16. The van der Waals surface area contributed by atoms with E-state index < -0.39 is 0 Å². The van der Waals surface area contributed by atoms with Crippen LogP contribution in [0.3, 0.4) is 0 Å². The minimum absolute atomic E-state index is 0.443. The van der Waals surface area contributed by atoms with Gasteiger partial charge in [-0.2, -0.15) is 0 Å². The van der Waals surface area contributed by atoms with Crippen molar-refractivity contribution in [1.82, 2.24) is 5.32 Å². The first-order valence-electron chi connectivity index (χ1n) is 4.90. The molecule has 1 saturated heterocycles. The van der Waals surface area contributed by atoms with E-state index in [1.807, 2.05) is 0 Å². The normalized spacial score (nSPS) is 21.6. The molecule has 1 aromatic heterocycles. The Bertz CT molecular complexity index is 283. The summed E-state index contributed by atoms with van der Waals surface area (Å²) in [5, 5.41) is 5.54. The molecule has 2 rings (SSSR count). The number of hydrogen-bond donors (Lipinski definition) is 1. The maximum atomic E-state index is 5.53. The summed E-state index contributed by atoms with van der Waals surface area (Å²) >= 11 is 5.23. The van der Waals surface area contributed by atoms with E-state index in [1.165, 1.54) is 22.2 Å². The molecular formula is C10H14BrNOS. The summed E-state index contributed by atoms with van der Waals surface area (Å²) in [6.07, 6.45) is 2.87. The van der Waals surface area contributed by atoms with Gasteiger partial charge >= 0.3 is 0 Å². The van der Waals surface area contributed by atoms with E-state index in [4.69, 9.17) is 4.74 Å². The smallest absolute Gasteiger partial charge is 0.0700 e. The third-order valence-corrected chi connectivity index (χ3v) is 4.01. The number of thiophene rings is 1. The van der Waals surface area contributed by atoms with E-state index >= 15 is 0 Å². The van der Waals surface area contributed by atoms with Crippen LogP contribution in [0.4, 0.5) is 0 Å². The van der Waals surface area contributed by atoms with Crippen LogP contribution in [0.1, 0.15) is 17.7 Å². The molecule has 0 amide bonds. The zero-order valence-electron chi connectivity index (χ0n) is 7.96. The number of halogens is 1. The predicted octanol–water partition coefficient (Wildman–Crippen LogP) is 2.78. The molecule has 0 unspecified atom stereocenters. The standard InChI is InChI=1S/C10H14BrNOS/c11-8-4-10(14-7-8)6-12-5-9-2-1-3-13-9/h4,7,9,12H,1-3,5-6H2/t9-/m0/s1. The third-order valence-electron chi connectivity index (χ3n) is 2.32. The van der Waals surface area contributed by atoms with Crippen LogP contribution in [0.5, 0.6) is 0 Å². The summed E-state index contributed by atoms with van der Waals surface area (Å²) in [7, 11) is 0. The highest BCUT2D eigenvalue weighted by Gasteiger charge is 2.14. The first kappa shape index (κ1) is 10.6. The van der Waals surface area contributed by atoms with Crippen molar-refractivity contribution in [3.63, 3.8) is 0 Å². The molecule has 14 heavy (non-hydrogen) atoms. The Hall–Kier alpha value is 0.1000. The molecule has 0 saturated carbocycles. The molecule has 1 aliphatic rings. The van der Waals surface area contributed by atoms with Crippen molar-refractivity contribution in [3.05, 3.63) is 20.8 Å². The first-order chi connectivity index (χ1) is 6.84. The average Bonchev–Trinajstić information content (AvgIpc) is 2.77. The molecule has 1 aromatic rings. The van der Waals surface area contributed by atoms with Crippen molar-refractivity contribution < 1.29 is 4.74 Å². The molecule has 0 radical (unpaired) electrons. The number of rotatable bonds is 4.